The highest BCUT2D eigenvalue weighted by molar-refractivity contribution is 6.58. The van der Waals surface area contributed by atoms with Crippen molar-refractivity contribution in [2.75, 3.05) is 12.4 Å². The van der Waals surface area contributed by atoms with Gasteiger partial charge < -0.3 is 25.8 Å². The molecule has 0 saturated carbocycles. The highest BCUT2D eigenvalue weighted by Gasteiger charge is 2.17. The van der Waals surface area contributed by atoms with E-state index in [2.05, 4.69) is 25.5 Å². The fourth-order valence-electron chi connectivity index (χ4n) is 3.11. The first kappa shape index (κ1) is 20.3. The molecule has 1 aromatic carbocycles. The zero-order chi connectivity index (χ0) is 22.0. The summed E-state index contributed by atoms with van der Waals surface area (Å²) < 4.78 is 6.80. The Balaban J connectivity index is 1.67. The molecule has 11 nitrogen and oxygen atoms in total. The van der Waals surface area contributed by atoms with E-state index < -0.39 is 13.0 Å². The lowest BCUT2D eigenvalue weighted by atomic mass is 9.80. The maximum absolute atomic E-state index is 11.7. The van der Waals surface area contributed by atoms with E-state index >= 15 is 0 Å². The molecule has 0 spiro atoms. The molecule has 1 amide bonds. The molecule has 0 saturated heterocycles. The van der Waals surface area contributed by atoms with Crippen molar-refractivity contribution in [2.45, 2.75) is 6.54 Å². The maximum Gasteiger partial charge on any atom is 0.488 e. The molecule has 0 bridgehead atoms. The fourth-order valence-corrected chi connectivity index (χ4v) is 3.11. The Labute approximate surface area is 176 Å². The minimum Gasteiger partial charge on any atom is -0.477 e. The number of carbonyl (C=O) groups excluding carboxylic acids is 1. The highest BCUT2D eigenvalue weighted by Crippen LogP contribution is 2.25. The summed E-state index contributed by atoms with van der Waals surface area (Å²) in [7, 11) is -0.106. The predicted octanol–water partition coefficient (Wildman–Crippen LogP) is -0.414. The lowest BCUT2D eigenvalue weighted by Gasteiger charge is -2.10. The van der Waals surface area contributed by atoms with Crippen molar-refractivity contribution in [1.29, 1.82) is 0 Å². The summed E-state index contributed by atoms with van der Waals surface area (Å²) >= 11 is 0. The standard InChI is InChI=1S/C19H18BN7O4/c1-31-19-18(22-9-11-4-2-5-12(8-11)20(29)30)24-17(25-26-19)15-13-6-3-7-14(16(21)28)27(13)10-23-15/h2-8,10,29-30H,9H2,1H3,(H2,21,28)(H,22,24,25). The summed E-state index contributed by atoms with van der Waals surface area (Å²) in [6.07, 6.45) is 1.47. The molecule has 0 atom stereocenters. The first-order valence-electron chi connectivity index (χ1n) is 9.21. The predicted molar refractivity (Wildman–Crippen MR) is 113 cm³/mol. The first-order valence-corrected chi connectivity index (χ1v) is 9.21. The number of anilines is 1. The lowest BCUT2D eigenvalue weighted by Crippen LogP contribution is -2.30. The quantitative estimate of drug-likeness (QED) is 0.292. The van der Waals surface area contributed by atoms with E-state index in [0.717, 1.165) is 5.56 Å². The summed E-state index contributed by atoms with van der Waals surface area (Å²) in [5.74, 6) is 0.158. The largest absolute Gasteiger partial charge is 0.488 e. The third-order valence-corrected chi connectivity index (χ3v) is 4.59. The summed E-state index contributed by atoms with van der Waals surface area (Å²) in [6, 6.07) is 11.9. The van der Waals surface area contributed by atoms with Gasteiger partial charge in [-0.3, -0.25) is 9.20 Å². The van der Waals surface area contributed by atoms with Crippen LogP contribution in [0.1, 0.15) is 16.1 Å². The molecule has 4 aromatic rings. The fraction of sp³-hybridized carbons (Fsp3) is 0.105. The Hall–Kier alpha value is -4.03. The second-order valence-corrected chi connectivity index (χ2v) is 6.59. The number of amides is 1. The SMILES string of the molecule is COc1nnc(-c2ncn3c(C(N)=O)cccc23)nc1NCc1cccc(B(O)O)c1. The smallest absolute Gasteiger partial charge is 0.477 e. The minimum atomic E-state index is -1.55. The van der Waals surface area contributed by atoms with Crippen LogP contribution >= 0.6 is 0 Å². The number of benzene rings is 1. The number of fused-ring (bicyclic) bond motifs is 1. The van der Waals surface area contributed by atoms with Gasteiger partial charge in [0.25, 0.3) is 11.8 Å². The molecule has 5 N–H and O–H groups in total. The molecule has 0 aliphatic rings. The summed E-state index contributed by atoms with van der Waals surface area (Å²) in [5.41, 5.74) is 7.90. The molecule has 0 aliphatic carbocycles. The number of methoxy groups -OCH3 is 1. The topological polar surface area (TPSA) is 161 Å². The molecular formula is C19H18BN7O4. The summed E-state index contributed by atoms with van der Waals surface area (Å²) in [4.78, 5) is 20.5. The Morgan fingerprint density at radius 3 is 2.77 bits per heavy atom. The van der Waals surface area contributed by atoms with Gasteiger partial charge in [-0.25, -0.2) is 9.97 Å². The average Bonchev–Trinajstić information content (AvgIpc) is 3.21. The number of primary amides is 1. The maximum atomic E-state index is 11.7. The number of hydrogen-bond donors (Lipinski definition) is 4. The molecule has 3 aromatic heterocycles. The highest BCUT2D eigenvalue weighted by atomic mass is 16.5. The van der Waals surface area contributed by atoms with Crippen LogP contribution in [0.25, 0.3) is 17.0 Å². The third-order valence-electron chi connectivity index (χ3n) is 4.59. The number of imidazole rings is 1. The van der Waals surface area contributed by atoms with E-state index in [1.165, 1.54) is 13.4 Å². The molecule has 4 rings (SSSR count). The van der Waals surface area contributed by atoms with Gasteiger partial charge in [0.1, 0.15) is 17.7 Å². The number of aromatic nitrogens is 5. The Kier molecular flexibility index (Phi) is 5.47. The van der Waals surface area contributed by atoms with E-state index in [4.69, 9.17) is 10.5 Å². The van der Waals surface area contributed by atoms with Crippen LogP contribution in [0.3, 0.4) is 0 Å². The number of pyridine rings is 1. The third kappa shape index (κ3) is 4.02. The van der Waals surface area contributed by atoms with E-state index in [1.807, 2.05) is 6.07 Å². The van der Waals surface area contributed by atoms with Crippen molar-refractivity contribution in [3.05, 3.63) is 60.0 Å². The second kappa shape index (κ2) is 8.38. The molecule has 0 unspecified atom stereocenters. The zero-order valence-electron chi connectivity index (χ0n) is 16.4. The number of hydrogen-bond acceptors (Lipinski definition) is 9. The molecule has 156 valence electrons. The van der Waals surface area contributed by atoms with Gasteiger partial charge >= 0.3 is 7.12 Å². The van der Waals surface area contributed by atoms with E-state index in [9.17, 15) is 14.8 Å². The minimum absolute atomic E-state index is 0.184. The van der Waals surface area contributed by atoms with Crippen LogP contribution in [0.5, 0.6) is 5.88 Å². The van der Waals surface area contributed by atoms with Crippen LogP contribution in [0.4, 0.5) is 5.82 Å². The van der Waals surface area contributed by atoms with Gasteiger partial charge in [0.15, 0.2) is 5.82 Å². The molecule has 0 aliphatic heterocycles. The number of nitrogens with zero attached hydrogens (tertiary/aromatic N) is 5. The van der Waals surface area contributed by atoms with Crippen molar-refractivity contribution in [2.24, 2.45) is 5.73 Å². The number of rotatable bonds is 7. The molecule has 0 radical (unpaired) electrons. The van der Waals surface area contributed by atoms with Crippen LogP contribution in [0, 0.1) is 0 Å². The van der Waals surface area contributed by atoms with Crippen molar-refractivity contribution in [3.63, 3.8) is 0 Å². The van der Waals surface area contributed by atoms with Gasteiger partial charge in [-0.15, -0.1) is 10.2 Å². The van der Waals surface area contributed by atoms with Crippen molar-refractivity contribution in [3.8, 4) is 17.4 Å². The molecule has 31 heavy (non-hydrogen) atoms. The average molecular weight is 419 g/mol. The molecule has 0 fully saturated rings. The van der Waals surface area contributed by atoms with E-state index in [1.54, 1.807) is 40.8 Å². The Morgan fingerprint density at radius 2 is 2.03 bits per heavy atom. The van der Waals surface area contributed by atoms with Gasteiger partial charge in [0.05, 0.1) is 12.6 Å². The van der Waals surface area contributed by atoms with Gasteiger partial charge in [0.2, 0.25) is 5.82 Å². The number of ether oxygens (including phenoxy) is 1. The van der Waals surface area contributed by atoms with Crippen LogP contribution in [0.15, 0.2) is 48.8 Å². The summed E-state index contributed by atoms with van der Waals surface area (Å²) in [5, 5.41) is 29.9. The van der Waals surface area contributed by atoms with Crippen molar-refractivity contribution in [1.82, 2.24) is 24.6 Å². The van der Waals surface area contributed by atoms with E-state index in [-0.39, 0.29) is 17.4 Å². The van der Waals surface area contributed by atoms with Crippen LogP contribution in [-0.2, 0) is 6.54 Å². The van der Waals surface area contributed by atoms with Gasteiger partial charge in [-0.2, -0.15) is 0 Å². The van der Waals surface area contributed by atoms with Crippen molar-refractivity contribution < 1.29 is 19.6 Å². The number of carbonyl (C=O) groups is 1. The lowest BCUT2D eigenvalue weighted by molar-refractivity contribution is 0.0994. The van der Waals surface area contributed by atoms with Crippen LogP contribution in [0.2, 0.25) is 0 Å². The number of nitrogens with two attached hydrogens (primary N) is 1. The normalized spacial score (nSPS) is 10.8. The Bertz CT molecular complexity index is 1260. The van der Waals surface area contributed by atoms with Gasteiger partial charge in [-0.1, -0.05) is 30.3 Å². The Morgan fingerprint density at radius 1 is 1.23 bits per heavy atom. The molecular weight excluding hydrogens is 401 g/mol. The molecule has 12 heteroatoms. The molecule has 3 heterocycles. The summed E-state index contributed by atoms with van der Waals surface area (Å²) in [6.45, 7) is 0.324. The zero-order valence-corrected chi connectivity index (χ0v) is 16.4. The van der Waals surface area contributed by atoms with Crippen LogP contribution < -0.4 is 21.3 Å². The van der Waals surface area contributed by atoms with E-state index in [0.29, 0.717) is 29.0 Å². The van der Waals surface area contributed by atoms with Gasteiger partial charge in [0, 0.05) is 6.54 Å². The van der Waals surface area contributed by atoms with Crippen molar-refractivity contribution >= 4 is 29.8 Å². The number of nitrogens with one attached hydrogen (secondary N) is 1. The van der Waals surface area contributed by atoms with Crippen LogP contribution in [-0.4, -0.2) is 54.7 Å². The monoisotopic (exact) mass is 419 g/mol. The first-order chi connectivity index (χ1) is 15.0. The second-order valence-electron chi connectivity index (χ2n) is 6.59. The van der Waals surface area contributed by atoms with Gasteiger partial charge in [-0.05, 0) is 23.2 Å².